The third-order valence-corrected chi connectivity index (χ3v) is 8.20. The largest absolute Gasteiger partial charge is 0.491 e. The van der Waals surface area contributed by atoms with E-state index in [9.17, 15) is 10.1 Å². The van der Waals surface area contributed by atoms with Gasteiger partial charge in [-0.15, -0.1) is 0 Å². The third-order valence-electron chi connectivity index (χ3n) is 8.20. The van der Waals surface area contributed by atoms with Crippen LogP contribution in [0.2, 0.25) is 0 Å². The van der Waals surface area contributed by atoms with Crippen LogP contribution in [0.3, 0.4) is 0 Å². The summed E-state index contributed by atoms with van der Waals surface area (Å²) >= 11 is 0. The fourth-order valence-corrected chi connectivity index (χ4v) is 5.91. The van der Waals surface area contributed by atoms with Crippen LogP contribution >= 0.6 is 0 Å². The van der Waals surface area contributed by atoms with E-state index in [0.29, 0.717) is 48.1 Å². The molecule has 0 aromatic carbocycles. The zero-order chi connectivity index (χ0) is 28.1. The van der Waals surface area contributed by atoms with Crippen molar-refractivity contribution in [2.24, 2.45) is 5.41 Å². The third kappa shape index (κ3) is 4.40. The molecule has 2 bridgehead atoms. The van der Waals surface area contributed by atoms with Gasteiger partial charge in [0.05, 0.1) is 68.1 Å². The van der Waals surface area contributed by atoms with Crippen molar-refractivity contribution >= 4 is 17.2 Å². The Morgan fingerprint density at radius 1 is 1.15 bits per heavy atom. The molecular formula is C30H29N7O4. The number of nitriles is 1. The van der Waals surface area contributed by atoms with Gasteiger partial charge in [0, 0.05) is 48.1 Å². The second kappa shape index (κ2) is 9.74. The summed E-state index contributed by atoms with van der Waals surface area (Å²) in [5.41, 5.74) is 3.47. The average molecular weight is 552 g/mol. The second-order valence-electron chi connectivity index (χ2n) is 11.3. The smallest absolute Gasteiger partial charge is 0.256 e. The molecule has 4 aromatic heterocycles. The summed E-state index contributed by atoms with van der Waals surface area (Å²) in [5.74, 6) is 2.02. The number of piperazine rings is 1. The van der Waals surface area contributed by atoms with E-state index in [2.05, 4.69) is 28.0 Å². The first-order chi connectivity index (χ1) is 19.9. The fraction of sp³-hybridized carbons (Fsp3) is 0.367. The van der Waals surface area contributed by atoms with E-state index < -0.39 is 0 Å². The van der Waals surface area contributed by atoms with E-state index in [4.69, 9.17) is 19.2 Å². The van der Waals surface area contributed by atoms with Crippen LogP contribution in [0, 0.1) is 16.7 Å². The first-order valence-corrected chi connectivity index (χ1v) is 13.6. The normalized spacial score (nSPS) is 20.6. The van der Waals surface area contributed by atoms with Gasteiger partial charge in [0.25, 0.3) is 5.91 Å². The van der Waals surface area contributed by atoms with Crippen LogP contribution in [0.5, 0.6) is 11.6 Å². The molecule has 8 heterocycles. The number of pyridine rings is 3. The fourth-order valence-electron chi connectivity index (χ4n) is 5.91. The van der Waals surface area contributed by atoms with Crippen molar-refractivity contribution in [3.63, 3.8) is 0 Å². The average Bonchev–Trinajstić information content (AvgIpc) is 3.42. The summed E-state index contributed by atoms with van der Waals surface area (Å²) in [5, 5.41) is 14.1. The number of amides is 1. The topological polar surface area (TPSA) is 118 Å². The van der Waals surface area contributed by atoms with Gasteiger partial charge in [-0.25, -0.2) is 14.5 Å². The highest BCUT2D eigenvalue weighted by atomic mass is 16.5. The lowest BCUT2D eigenvalue weighted by atomic mass is 9.86. The zero-order valence-electron chi connectivity index (χ0n) is 22.9. The van der Waals surface area contributed by atoms with Crippen LogP contribution < -0.4 is 14.4 Å². The molecule has 4 fully saturated rings. The first kappa shape index (κ1) is 25.3. The lowest BCUT2D eigenvalue weighted by Crippen LogP contribution is -2.70. The van der Waals surface area contributed by atoms with Gasteiger partial charge in [0.2, 0.25) is 5.88 Å². The minimum atomic E-state index is 0.00111. The maximum atomic E-state index is 13.1. The molecule has 4 aromatic rings. The minimum absolute atomic E-state index is 0.00111. The number of hydrogen-bond acceptors (Lipinski definition) is 9. The maximum Gasteiger partial charge on any atom is 0.256 e. The van der Waals surface area contributed by atoms with Crippen LogP contribution in [0.25, 0.3) is 16.6 Å². The lowest BCUT2D eigenvalue weighted by molar-refractivity contribution is -0.120. The summed E-state index contributed by atoms with van der Waals surface area (Å²) in [6.45, 7) is 5.46. The molecule has 2 atom stereocenters. The summed E-state index contributed by atoms with van der Waals surface area (Å²) < 4.78 is 18.3. The van der Waals surface area contributed by atoms with E-state index in [0.717, 1.165) is 36.5 Å². The molecule has 208 valence electrons. The quantitative estimate of drug-likeness (QED) is 0.341. The molecule has 4 aliphatic heterocycles. The summed E-state index contributed by atoms with van der Waals surface area (Å²) in [7, 11) is 1.56. The molecular weight excluding hydrogens is 522 g/mol. The second-order valence-corrected chi connectivity index (χ2v) is 11.3. The molecule has 4 saturated heterocycles. The van der Waals surface area contributed by atoms with Crippen molar-refractivity contribution in [1.29, 1.82) is 5.26 Å². The van der Waals surface area contributed by atoms with E-state index in [1.165, 1.54) is 0 Å². The summed E-state index contributed by atoms with van der Waals surface area (Å²) in [4.78, 5) is 26.3. The van der Waals surface area contributed by atoms with Crippen molar-refractivity contribution < 1.29 is 19.0 Å². The highest BCUT2D eigenvalue weighted by Gasteiger charge is 2.47. The molecule has 0 spiro atoms. The number of carbonyl (C=O) groups is 1. The molecule has 0 radical (unpaired) electrons. The standard InChI is InChI=1S/C30H29N7O4/c1-30(16-40-17-30)18-41-24-8-25(28-21(9-31)12-34-36(28)15-24)19-3-5-26(32-10-19)35-13-22-7-23(14-35)37(22)29(38)20-4-6-27(39-2)33-11-20/h3-6,8,10-12,15,22-23H,7,13-14,16-18H2,1-2H3. The van der Waals surface area contributed by atoms with E-state index in [-0.39, 0.29) is 23.4 Å². The molecule has 4 aliphatic rings. The zero-order valence-corrected chi connectivity index (χ0v) is 22.9. The van der Waals surface area contributed by atoms with Gasteiger partial charge in [-0.3, -0.25) is 4.79 Å². The number of aromatic nitrogens is 4. The van der Waals surface area contributed by atoms with E-state index in [1.807, 2.05) is 29.3 Å². The monoisotopic (exact) mass is 551 g/mol. The Morgan fingerprint density at radius 2 is 1.98 bits per heavy atom. The van der Waals surface area contributed by atoms with Crippen LogP contribution in [-0.4, -0.2) is 82.5 Å². The Hall–Kier alpha value is -4.69. The highest BCUT2D eigenvalue weighted by molar-refractivity contribution is 5.95. The molecule has 41 heavy (non-hydrogen) atoms. The Morgan fingerprint density at radius 3 is 2.61 bits per heavy atom. The first-order valence-electron chi connectivity index (χ1n) is 13.6. The van der Waals surface area contributed by atoms with E-state index >= 15 is 0 Å². The van der Waals surface area contributed by atoms with Crippen LogP contribution in [0.15, 0.2) is 55.1 Å². The number of fused-ring (bicyclic) bond motifs is 3. The Kier molecular flexibility index (Phi) is 6.01. The molecule has 11 heteroatoms. The van der Waals surface area contributed by atoms with Crippen molar-refractivity contribution in [1.82, 2.24) is 24.5 Å². The Balaban J connectivity index is 1.09. The SMILES string of the molecule is COc1ccc(C(=O)N2C3CC2CN(c2ccc(-c4cc(OCC5(C)COC5)cn5ncc(C#N)c45)cn2)C3)cn1. The number of nitrogens with zero attached hydrogens (tertiary/aromatic N) is 7. The van der Waals surface area contributed by atoms with Gasteiger partial charge < -0.3 is 24.0 Å². The maximum absolute atomic E-state index is 13.1. The summed E-state index contributed by atoms with van der Waals surface area (Å²) in [6, 6.07) is 11.9. The molecule has 2 unspecified atom stereocenters. The Bertz CT molecular complexity index is 1650. The number of ether oxygens (including phenoxy) is 3. The number of carbonyl (C=O) groups excluding carboxylic acids is 1. The van der Waals surface area contributed by atoms with Gasteiger partial charge >= 0.3 is 0 Å². The van der Waals surface area contributed by atoms with Crippen LogP contribution in [0.1, 0.15) is 29.3 Å². The lowest BCUT2D eigenvalue weighted by Gasteiger charge is -2.56. The van der Waals surface area contributed by atoms with Crippen molar-refractivity contribution in [3.8, 4) is 28.8 Å². The van der Waals surface area contributed by atoms with Crippen molar-refractivity contribution in [2.75, 3.05) is 44.9 Å². The number of rotatable bonds is 7. The molecule has 0 N–H and O–H groups in total. The van der Waals surface area contributed by atoms with Crippen molar-refractivity contribution in [3.05, 3.63) is 66.2 Å². The van der Waals surface area contributed by atoms with Gasteiger partial charge in [-0.1, -0.05) is 6.92 Å². The highest BCUT2D eigenvalue weighted by Crippen LogP contribution is 2.37. The number of hydrogen-bond donors (Lipinski definition) is 0. The number of anilines is 1. The number of methoxy groups -OCH3 is 1. The predicted molar refractivity (Wildman–Crippen MR) is 149 cm³/mol. The Labute approximate surface area is 236 Å². The predicted octanol–water partition coefficient (Wildman–Crippen LogP) is 3.19. The molecule has 8 rings (SSSR count). The molecule has 0 saturated carbocycles. The minimum Gasteiger partial charge on any atom is -0.491 e. The van der Waals surface area contributed by atoms with Gasteiger partial charge in [0.1, 0.15) is 17.6 Å². The number of piperidine rings is 1. The van der Waals surface area contributed by atoms with Gasteiger partial charge in [0.15, 0.2) is 0 Å². The van der Waals surface area contributed by atoms with Gasteiger partial charge in [-0.05, 0) is 30.7 Å². The van der Waals surface area contributed by atoms with Crippen LogP contribution in [-0.2, 0) is 4.74 Å². The molecule has 11 nitrogen and oxygen atoms in total. The van der Waals surface area contributed by atoms with Crippen molar-refractivity contribution in [2.45, 2.75) is 25.4 Å². The molecule has 0 aliphatic carbocycles. The van der Waals surface area contributed by atoms with Crippen LogP contribution in [0.4, 0.5) is 5.82 Å². The summed E-state index contributed by atoms with van der Waals surface area (Å²) in [6.07, 6.45) is 7.76. The van der Waals surface area contributed by atoms with Gasteiger partial charge in [-0.2, -0.15) is 10.4 Å². The van der Waals surface area contributed by atoms with E-state index in [1.54, 1.807) is 42.3 Å². The molecule has 1 amide bonds.